The second kappa shape index (κ2) is 7.51. The fourth-order valence-electron chi connectivity index (χ4n) is 3.87. The number of nitrogens with zero attached hydrogens (tertiary/aromatic N) is 3. The third-order valence-electron chi connectivity index (χ3n) is 5.39. The Morgan fingerprint density at radius 2 is 1.09 bits per heavy atom. The van der Waals surface area contributed by atoms with E-state index in [2.05, 4.69) is 4.98 Å². The summed E-state index contributed by atoms with van der Waals surface area (Å²) in [5, 5.41) is 24.3. The minimum Gasteiger partial charge on any atom is -0.355 e. The maximum absolute atomic E-state index is 11.1. The molecule has 156 valence electrons. The van der Waals surface area contributed by atoms with Gasteiger partial charge in [-0.25, -0.2) is 0 Å². The number of hydrogen-bond acceptors (Lipinski definition) is 5. The molecule has 8 nitrogen and oxygen atoms in total. The molecule has 1 aromatic heterocycles. The molecule has 0 saturated carbocycles. The fraction of sp³-hybridized carbons (Fsp3) is 0. The van der Waals surface area contributed by atoms with Crippen LogP contribution in [0.3, 0.4) is 0 Å². The summed E-state index contributed by atoms with van der Waals surface area (Å²) in [7, 11) is 0. The van der Waals surface area contributed by atoms with E-state index in [1.165, 1.54) is 24.3 Å². The summed E-state index contributed by atoms with van der Waals surface area (Å²) in [6.45, 7) is 0. The molecule has 4 aromatic carbocycles. The van der Waals surface area contributed by atoms with Gasteiger partial charge in [0.15, 0.2) is 0 Å². The van der Waals surface area contributed by atoms with Crippen molar-refractivity contribution >= 4 is 50.2 Å². The predicted molar refractivity (Wildman–Crippen MR) is 124 cm³/mol. The van der Waals surface area contributed by atoms with Crippen molar-refractivity contribution in [3.05, 3.63) is 111 Å². The Hall–Kier alpha value is -4.72. The molecule has 0 spiro atoms. The van der Waals surface area contributed by atoms with Crippen LogP contribution in [0.1, 0.15) is 0 Å². The van der Waals surface area contributed by atoms with Crippen molar-refractivity contribution in [3.63, 3.8) is 0 Å². The Labute approximate surface area is 181 Å². The van der Waals surface area contributed by atoms with Gasteiger partial charge in [-0.3, -0.25) is 20.2 Å². The molecule has 5 aromatic rings. The number of fused-ring (bicyclic) bond motifs is 3. The number of H-pyrrole nitrogens is 1. The number of benzene rings is 4. The van der Waals surface area contributed by atoms with E-state index in [1.54, 1.807) is 24.3 Å². The topological polar surface area (TPSA) is 105 Å². The number of aromatic nitrogens is 1. The number of nitrogens with one attached hydrogen (secondary N) is 1. The molecule has 1 heterocycles. The van der Waals surface area contributed by atoms with Crippen molar-refractivity contribution in [3.8, 4) is 0 Å². The lowest BCUT2D eigenvalue weighted by molar-refractivity contribution is -0.385. The normalized spacial score (nSPS) is 11.0. The summed E-state index contributed by atoms with van der Waals surface area (Å²) in [5.41, 5.74) is 4.21. The number of rotatable bonds is 5. The molecule has 32 heavy (non-hydrogen) atoms. The van der Waals surface area contributed by atoms with Crippen LogP contribution in [0.4, 0.5) is 28.4 Å². The van der Waals surface area contributed by atoms with E-state index >= 15 is 0 Å². The maximum Gasteiger partial charge on any atom is 0.269 e. The van der Waals surface area contributed by atoms with Gasteiger partial charge in [-0.1, -0.05) is 18.2 Å². The van der Waals surface area contributed by atoms with Crippen LogP contribution in [0.2, 0.25) is 0 Å². The molecule has 8 heteroatoms. The fourth-order valence-corrected chi connectivity index (χ4v) is 3.87. The van der Waals surface area contributed by atoms with Gasteiger partial charge >= 0.3 is 0 Å². The molecule has 0 atom stereocenters. The zero-order valence-corrected chi connectivity index (χ0v) is 16.6. The van der Waals surface area contributed by atoms with Gasteiger partial charge in [0, 0.05) is 63.1 Å². The van der Waals surface area contributed by atoms with Crippen LogP contribution < -0.4 is 4.90 Å². The van der Waals surface area contributed by atoms with Crippen molar-refractivity contribution in [2.45, 2.75) is 0 Å². The van der Waals surface area contributed by atoms with Crippen LogP contribution in [0.25, 0.3) is 21.8 Å². The van der Waals surface area contributed by atoms with Gasteiger partial charge < -0.3 is 9.88 Å². The summed E-state index contributed by atoms with van der Waals surface area (Å²) < 4.78 is 0. The minimum absolute atomic E-state index is 0.00974. The largest absolute Gasteiger partial charge is 0.355 e. The highest BCUT2D eigenvalue weighted by Crippen LogP contribution is 2.38. The Kier molecular flexibility index (Phi) is 4.52. The first-order valence-corrected chi connectivity index (χ1v) is 9.81. The summed E-state index contributed by atoms with van der Waals surface area (Å²) >= 11 is 0. The van der Waals surface area contributed by atoms with Crippen LogP contribution in [0.5, 0.6) is 0 Å². The van der Waals surface area contributed by atoms with Crippen molar-refractivity contribution in [2.24, 2.45) is 0 Å². The number of anilines is 3. The van der Waals surface area contributed by atoms with Crippen LogP contribution in [-0.4, -0.2) is 14.8 Å². The highest BCUT2D eigenvalue weighted by Gasteiger charge is 2.17. The molecule has 0 amide bonds. The second-order valence-corrected chi connectivity index (χ2v) is 7.28. The number of hydrogen-bond donors (Lipinski definition) is 1. The van der Waals surface area contributed by atoms with Crippen molar-refractivity contribution in [1.29, 1.82) is 0 Å². The van der Waals surface area contributed by atoms with E-state index in [1.807, 2.05) is 47.4 Å². The standard InChI is InChI=1S/C24H16N4O4/c29-27(30)18-9-5-16(6-10-18)26(17-7-11-19(12-8-17)28(31)32)20-13-14-24-22(15-20)21-3-1-2-4-23(21)25-24/h1-15,25H. The molecule has 5 rings (SSSR count). The van der Waals surface area contributed by atoms with E-state index in [0.29, 0.717) is 11.4 Å². The maximum atomic E-state index is 11.1. The van der Waals surface area contributed by atoms with Gasteiger partial charge in [0.05, 0.1) is 9.85 Å². The van der Waals surface area contributed by atoms with Gasteiger partial charge in [0.2, 0.25) is 0 Å². The number of nitro groups is 2. The Morgan fingerprint density at radius 1 is 0.594 bits per heavy atom. The number of aromatic amines is 1. The van der Waals surface area contributed by atoms with Gasteiger partial charge in [-0.05, 0) is 48.5 Å². The molecule has 0 unspecified atom stereocenters. The number of non-ortho nitro benzene ring substituents is 2. The smallest absolute Gasteiger partial charge is 0.269 e. The molecule has 0 radical (unpaired) electrons. The van der Waals surface area contributed by atoms with Crippen molar-refractivity contribution < 1.29 is 9.85 Å². The molecule has 1 N–H and O–H groups in total. The lowest BCUT2D eigenvalue weighted by atomic mass is 10.1. The number of para-hydroxylation sites is 1. The zero-order chi connectivity index (χ0) is 22.2. The predicted octanol–water partition coefficient (Wildman–Crippen LogP) is 6.61. The summed E-state index contributed by atoms with van der Waals surface area (Å²) in [4.78, 5) is 26.6. The molecule has 0 aliphatic carbocycles. The average molecular weight is 424 g/mol. The summed E-state index contributed by atoms with van der Waals surface area (Å²) in [6, 6.07) is 26.4. The SMILES string of the molecule is O=[N+]([O-])c1ccc(N(c2ccc([N+](=O)[O-])cc2)c2ccc3[nH]c4ccccc4c3c2)cc1. The molecule has 0 fully saturated rings. The first kappa shape index (κ1) is 19.3. The Balaban J connectivity index is 1.68. The van der Waals surface area contributed by atoms with Crippen molar-refractivity contribution in [2.75, 3.05) is 4.90 Å². The second-order valence-electron chi connectivity index (χ2n) is 7.28. The van der Waals surface area contributed by atoms with Crippen molar-refractivity contribution in [1.82, 2.24) is 4.98 Å². The van der Waals surface area contributed by atoms with Gasteiger partial charge in [0.1, 0.15) is 0 Å². The number of nitro benzene ring substituents is 2. The quantitative estimate of drug-likeness (QED) is 0.252. The van der Waals surface area contributed by atoms with Crippen LogP contribution in [0.15, 0.2) is 91.0 Å². The summed E-state index contributed by atoms with van der Waals surface area (Å²) in [5.74, 6) is 0. The lowest BCUT2D eigenvalue weighted by Gasteiger charge is -2.25. The van der Waals surface area contributed by atoms with Crippen LogP contribution in [-0.2, 0) is 0 Å². The third kappa shape index (κ3) is 3.29. The monoisotopic (exact) mass is 424 g/mol. The highest BCUT2D eigenvalue weighted by molar-refractivity contribution is 6.08. The summed E-state index contributed by atoms with van der Waals surface area (Å²) in [6.07, 6.45) is 0. The molecular formula is C24H16N4O4. The Bertz CT molecular complexity index is 1420. The lowest BCUT2D eigenvalue weighted by Crippen LogP contribution is -2.10. The van der Waals surface area contributed by atoms with Crippen LogP contribution >= 0.6 is 0 Å². The van der Waals surface area contributed by atoms with E-state index in [9.17, 15) is 20.2 Å². The molecule has 0 saturated heterocycles. The van der Waals surface area contributed by atoms with E-state index < -0.39 is 9.85 Å². The Morgan fingerprint density at radius 3 is 1.66 bits per heavy atom. The zero-order valence-electron chi connectivity index (χ0n) is 16.6. The van der Waals surface area contributed by atoms with Gasteiger partial charge in [0.25, 0.3) is 11.4 Å². The van der Waals surface area contributed by atoms with E-state index in [0.717, 1.165) is 27.5 Å². The van der Waals surface area contributed by atoms with E-state index in [-0.39, 0.29) is 11.4 Å². The molecule has 0 bridgehead atoms. The van der Waals surface area contributed by atoms with Gasteiger partial charge in [-0.15, -0.1) is 0 Å². The molecular weight excluding hydrogens is 408 g/mol. The third-order valence-corrected chi connectivity index (χ3v) is 5.39. The van der Waals surface area contributed by atoms with Gasteiger partial charge in [-0.2, -0.15) is 0 Å². The van der Waals surface area contributed by atoms with E-state index in [4.69, 9.17) is 0 Å². The average Bonchev–Trinajstić information content (AvgIpc) is 3.18. The van der Waals surface area contributed by atoms with Crippen LogP contribution in [0, 0.1) is 20.2 Å². The minimum atomic E-state index is -0.446. The molecule has 0 aliphatic rings. The highest BCUT2D eigenvalue weighted by atomic mass is 16.6. The first-order valence-electron chi connectivity index (χ1n) is 9.81. The molecule has 0 aliphatic heterocycles. The first-order chi connectivity index (χ1) is 15.5.